The molecule has 7 nitrogen and oxygen atoms in total. The SMILES string of the molecule is Cc1ccn(C)c(=O)c1NC(=O)N(C)CCN1C[C@@H](C)O[C@@H](C)C1. The highest BCUT2D eigenvalue weighted by molar-refractivity contribution is 5.89. The molecule has 2 rings (SSSR count). The second-order valence-corrected chi connectivity index (χ2v) is 6.66. The summed E-state index contributed by atoms with van der Waals surface area (Å²) in [4.78, 5) is 28.4. The highest BCUT2D eigenvalue weighted by atomic mass is 16.5. The minimum atomic E-state index is -0.268. The van der Waals surface area contributed by atoms with Crippen LogP contribution in [-0.2, 0) is 11.8 Å². The number of hydrogen-bond acceptors (Lipinski definition) is 4. The van der Waals surface area contributed by atoms with Gasteiger partial charge in [0.15, 0.2) is 0 Å². The van der Waals surface area contributed by atoms with Gasteiger partial charge in [-0.3, -0.25) is 9.69 Å². The van der Waals surface area contributed by atoms with Crippen molar-refractivity contribution >= 4 is 11.7 Å². The topological polar surface area (TPSA) is 66.8 Å². The fourth-order valence-corrected chi connectivity index (χ4v) is 2.93. The first-order chi connectivity index (χ1) is 11.3. The van der Waals surface area contributed by atoms with Crippen molar-refractivity contribution in [2.75, 3.05) is 38.5 Å². The maximum Gasteiger partial charge on any atom is 0.321 e. The van der Waals surface area contributed by atoms with E-state index in [9.17, 15) is 9.59 Å². The molecule has 1 aliphatic heterocycles. The maximum absolute atomic E-state index is 12.4. The summed E-state index contributed by atoms with van der Waals surface area (Å²) < 4.78 is 7.17. The molecule has 1 aromatic heterocycles. The van der Waals surface area contributed by atoms with E-state index in [-0.39, 0.29) is 23.8 Å². The Kier molecular flexibility index (Phi) is 6.01. The highest BCUT2D eigenvalue weighted by Crippen LogP contribution is 2.11. The van der Waals surface area contributed by atoms with Gasteiger partial charge >= 0.3 is 6.03 Å². The molecule has 0 bridgehead atoms. The number of likely N-dealkylation sites (N-methyl/N-ethyl adjacent to an activating group) is 1. The van der Waals surface area contributed by atoms with Crippen LogP contribution in [0, 0.1) is 6.92 Å². The Hall–Kier alpha value is -1.86. The van der Waals surface area contributed by atoms with Crippen LogP contribution in [0.25, 0.3) is 0 Å². The van der Waals surface area contributed by atoms with E-state index in [2.05, 4.69) is 24.1 Å². The minimum absolute atomic E-state index is 0.201. The summed E-state index contributed by atoms with van der Waals surface area (Å²) in [5.74, 6) is 0. The predicted octanol–water partition coefficient (Wildman–Crippen LogP) is 1.27. The fourth-order valence-electron chi connectivity index (χ4n) is 2.93. The van der Waals surface area contributed by atoms with Crippen LogP contribution in [0.2, 0.25) is 0 Å². The smallest absolute Gasteiger partial charge is 0.321 e. The predicted molar refractivity (Wildman–Crippen MR) is 94.5 cm³/mol. The minimum Gasteiger partial charge on any atom is -0.373 e. The van der Waals surface area contributed by atoms with Crippen molar-refractivity contribution in [3.63, 3.8) is 0 Å². The molecule has 24 heavy (non-hydrogen) atoms. The van der Waals surface area contributed by atoms with E-state index in [1.807, 2.05) is 13.0 Å². The number of morpholine rings is 1. The first-order valence-corrected chi connectivity index (χ1v) is 8.34. The first kappa shape index (κ1) is 18.5. The van der Waals surface area contributed by atoms with Gasteiger partial charge in [0.1, 0.15) is 5.69 Å². The largest absolute Gasteiger partial charge is 0.373 e. The van der Waals surface area contributed by atoms with Crippen LogP contribution in [0.3, 0.4) is 0 Å². The van der Waals surface area contributed by atoms with Gasteiger partial charge < -0.3 is 19.5 Å². The van der Waals surface area contributed by atoms with Gasteiger partial charge in [-0.1, -0.05) is 0 Å². The number of aromatic nitrogens is 1. The van der Waals surface area contributed by atoms with Gasteiger partial charge in [-0.25, -0.2) is 4.79 Å². The summed E-state index contributed by atoms with van der Waals surface area (Å²) in [6.07, 6.45) is 2.11. The lowest BCUT2D eigenvalue weighted by atomic mass is 10.2. The van der Waals surface area contributed by atoms with Crippen molar-refractivity contribution in [1.82, 2.24) is 14.4 Å². The van der Waals surface area contributed by atoms with Crippen LogP contribution < -0.4 is 10.9 Å². The number of rotatable bonds is 4. The number of ether oxygens (including phenoxy) is 1. The standard InChI is InChI=1S/C17H28N4O3/c1-12-6-7-19(4)16(22)15(12)18-17(23)20(5)8-9-21-10-13(2)24-14(3)11-21/h6-7,13-14H,8-11H2,1-5H3,(H,18,23)/t13-,14+. The Balaban J connectivity index is 1.91. The molecular weight excluding hydrogens is 308 g/mol. The molecule has 1 aliphatic rings. The first-order valence-electron chi connectivity index (χ1n) is 8.34. The molecule has 1 fully saturated rings. The average Bonchev–Trinajstić information content (AvgIpc) is 2.51. The molecule has 7 heteroatoms. The third-order valence-electron chi connectivity index (χ3n) is 4.30. The Morgan fingerprint density at radius 1 is 1.38 bits per heavy atom. The number of urea groups is 1. The molecule has 2 heterocycles. The molecule has 0 aromatic carbocycles. The molecule has 134 valence electrons. The van der Waals surface area contributed by atoms with E-state index in [0.29, 0.717) is 12.2 Å². The summed E-state index contributed by atoms with van der Waals surface area (Å²) in [6.45, 7) is 9.06. The van der Waals surface area contributed by atoms with E-state index in [0.717, 1.165) is 25.2 Å². The number of nitrogens with one attached hydrogen (secondary N) is 1. The van der Waals surface area contributed by atoms with Gasteiger partial charge in [0.25, 0.3) is 5.56 Å². The maximum atomic E-state index is 12.4. The van der Waals surface area contributed by atoms with Gasteiger partial charge in [0, 0.05) is 46.5 Å². The molecule has 0 saturated carbocycles. The van der Waals surface area contributed by atoms with E-state index in [1.54, 1.807) is 25.2 Å². The number of carbonyl (C=O) groups excluding carboxylic acids is 1. The second kappa shape index (κ2) is 7.81. The second-order valence-electron chi connectivity index (χ2n) is 6.66. The van der Waals surface area contributed by atoms with E-state index in [1.165, 1.54) is 4.57 Å². The monoisotopic (exact) mass is 336 g/mol. The molecule has 0 unspecified atom stereocenters. The number of pyridine rings is 1. The zero-order valence-electron chi connectivity index (χ0n) is 15.2. The van der Waals surface area contributed by atoms with Crippen LogP contribution in [0.15, 0.2) is 17.1 Å². The van der Waals surface area contributed by atoms with Crippen molar-refractivity contribution in [2.45, 2.75) is 33.0 Å². The van der Waals surface area contributed by atoms with Gasteiger partial charge in [0.05, 0.1) is 12.2 Å². The third kappa shape index (κ3) is 4.58. The van der Waals surface area contributed by atoms with E-state index in [4.69, 9.17) is 4.74 Å². The normalized spacial score (nSPS) is 21.5. The summed E-state index contributed by atoms with van der Waals surface area (Å²) in [5, 5.41) is 2.73. The molecule has 2 atom stereocenters. The fraction of sp³-hybridized carbons (Fsp3) is 0.647. The van der Waals surface area contributed by atoms with Crippen LogP contribution in [0.1, 0.15) is 19.4 Å². The van der Waals surface area contributed by atoms with E-state index >= 15 is 0 Å². The van der Waals surface area contributed by atoms with Crippen molar-refractivity contribution in [3.8, 4) is 0 Å². The average molecular weight is 336 g/mol. The van der Waals surface area contributed by atoms with Crippen molar-refractivity contribution < 1.29 is 9.53 Å². The molecule has 0 aliphatic carbocycles. The third-order valence-corrected chi connectivity index (χ3v) is 4.30. The number of aryl methyl sites for hydroxylation is 2. The van der Waals surface area contributed by atoms with Gasteiger partial charge in [-0.15, -0.1) is 0 Å². The van der Waals surface area contributed by atoms with Gasteiger partial charge in [-0.05, 0) is 32.4 Å². The Labute approximate surface area is 143 Å². The molecular formula is C17H28N4O3. The lowest BCUT2D eigenvalue weighted by molar-refractivity contribution is -0.0684. The van der Waals surface area contributed by atoms with Gasteiger partial charge in [0.2, 0.25) is 0 Å². The quantitative estimate of drug-likeness (QED) is 0.899. The van der Waals surface area contributed by atoms with Crippen LogP contribution in [-0.4, -0.2) is 65.8 Å². The molecule has 1 saturated heterocycles. The molecule has 1 N–H and O–H groups in total. The number of nitrogens with zero attached hydrogens (tertiary/aromatic N) is 3. The Morgan fingerprint density at radius 3 is 2.62 bits per heavy atom. The summed E-state index contributed by atoms with van der Waals surface area (Å²) in [5.41, 5.74) is 0.897. The molecule has 1 aromatic rings. The highest BCUT2D eigenvalue weighted by Gasteiger charge is 2.22. The Morgan fingerprint density at radius 2 is 2.00 bits per heavy atom. The number of anilines is 1. The zero-order chi connectivity index (χ0) is 17.9. The summed E-state index contributed by atoms with van der Waals surface area (Å²) in [6, 6.07) is 1.55. The van der Waals surface area contributed by atoms with Crippen molar-refractivity contribution in [3.05, 3.63) is 28.2 Å². The van der Waals surface area contributed by atoms with Crippen LogP contribution >= 0.6 is 0 Å². The van der Waals surface area contributed by atoms with E-state index < -0.39 is 0 Å². The number of carbonyl (C=O) groups is 1. The van der Waals surface area contributed by atoms with Crippen LogP contribution in [0.5, 0.6) is 0 Å². The zero-order valence-corrected chi connectivity index (χ0v) is 15.2. The molecule has 2 amide bonds. The Bertz CT molecular complexity index is 633. The molecule has 0 radical (unpaired) electrons. The summed E-state index contributed by atoms with van der Waals surface area (Å²) >= 11 is 0. The lowest BCUT2D eigenvalue weighted by Crippen LogP contribution is -2.48. The number of amides is 2. The summed E-state index contributed by atoms with van der Waals surface area (Å²) in [7, 11) is 3.41. The number of hydrogen-bond donors (Lipinski definition) is 1. The van der Waals surface area contributed by atoms with Crippen LogP contribution in [0.4, 0.5) is 10.5 Å². The van der Waals surface area contributed by atoms with Crippen molar-refractivity contribution in [2.24, 2.45) is 7.05 Å². The lowest BCUT2D eigenvalue weighted by Gasteiger charge is -2.36. The van der Waals surface area contributed by atoms with Crippen molar-refractivity contribution in [1.29, 1.82) is 0 Å². The van der Waals surface area contributed by atoms with Gasteiger partial charge in [-0.2, -0.15) is 0 Å². The molecule has 0 spiro atoms.